The third kappa shape index (κ3) is 3.23. The zero-order valence-corrected chi connectivity index (χ0v) is 11.1. The van der Waals surface area contributed by atoms with Gasteiger partial charge in [0.25, 0.3) is 0 Å². The quantitative estimate of drug-likeness (QED) is 0.900. The first-order valence-electron chi connectivity index (χ1n) is 6.30. The molecule has 0 saturated carbocycles. The van der Waals surface area contributed by atoms with Crippen molar-refractivity contribution >= 4 is 5.69 Å². The maximum atomic E-state index is 13.5. The summed E-state index contributed by atoms with van der Waals surface area (Å²) in [5, 5.41) is 12.1. The fourth-order valence-corrected chi connectivity index (χ4v) is 1.67. The highest BCUT2D eigenvalue weighted by atomic mass is 19.1. The minimum Gasteiger partial charge on any atom is -0.454 e. The van der Waals surface area contributed by atoms with Gasteiger partial charge in [0, 0.05) is 12.6 Å². The van der Waals surface area contributed by atoms with Gasteiger partial charge in [-0.05, 0) is 18.6 Å². The zero-order chi connectivity index (χ0) is 14.4. The van der Waals surface area contributed by atoms with Crippen molar-refractivity contribution in [2.24, 2.45) is 0 Å². The molecule has 20 heavy (non-hydrogen) atoms. The number of halogens is 1. The molecule has 0 fully saturated rings. The molecule has 0 atom stereocenters. The number of nitrogens with zero attached hydrogens (tertiary/aromatic N) is 2. The van der Waals surface area contributed by atoms with Gasteiger partial charge in [-0.2, -0.15) is 5.26 Å². The van der Waals surface area contributed by atoms with Crippen LogP contribution in [0.5, 0.6) is 11.5 Å². The van der Waals surface area contributed by atoms with Gasteiger partial charge in [0.2, 0.25) is 0 Å². The number of aromatic nitrogens is 1. The molecule has 0 bridgehead atoms. The van der Waals surface area contributed by atoms with Gasteiger partial charge in [-0.1, -0.05) is 13.0 Å². The van der Waals surface area contributed by atoms with Gasteiger partial charge < -0.3 is 10.1 Å². The van der Waals surface area contributed by atoms with E-state index in [0.29, 0.717) is 5.75 Å². The minimum atomic E-state index is -0.599. The molecule has 0 amide bonds. The lowest BCUT2D eigenvalue weighted by molar-refractivity contribution is 0.472. The van der Waals surface area contributed by atoms with Crippen molar-refractivity contribution in [1.29, 1.82) is 5.26 Å². The summed E-state index contributed by atoms with van der Waals surface area (Å²) >= 11 is 0. The first-order chi connectivity index (χ1) is 9.74. The number of anilines is 1. The average molecular weight is 271 g/mol. The molecule has 5 heteroatoms. The van der Waals surface area contributed by atoms with Gasteiger partial charge in [-0.25, -0.2) is 4.39 Å². The summed E-state index contributed by atoms with van der Waals surface area (Å²) < 4.78 is 19.0. The Hall–Kier alpha value is -2.61. The summed E-state index contributed by atoms with van der Waals surface area (Å²) in [6, 6.07) is 7.83. The molecule has 0 radical (unpaired) electrons. The third-order valence-corrected chi connectivity index (χ3v) is 2.61. The molecule has 102 valence electrons. The van der Waals surface area contributed by atoms with Crippen molar-refractivity contribution in [3.05, 3.63) is 48.0 Å². The summed E-state index contributed by atoms with van der Waals surface area (Å²) in [5.41, 5.74) is 0.707. The Morgan fingerprint density at radius 2 is 2.25 bits per heavy atom. The topological polar surface area (TPSA) is 57.9 Å². The van der Waals surface area contributed by atoms with Crippen LogP contribution in [0.25, 0.3) is 0 Å². The highest BCUT2D eigenvalue weighted by Gasteiger charge is 2.10. The van der Waals surface area contributed by atoms with Crippen LogP contribution in [-0.2, 0) is 0 Å². The molecule has 0 aliphatic heterocycles. The highest BCUT2D eigenvalue weighted by Crippen LogP contribution is 2.27. The van der Waals surface area contributed by atoms with E-state index in [4.69, 9.17) is 10.00 Å². The first-order valence-corrected chi connectivity index (χ1v) is 6.30. The molecule has 0 unspecified atom stereocenters. The molecule has 2 rings (SSSR count). The largest absolute Gasteiger partial charge is 0.454 e. The molecule has 0 aliphatic rings. The van der Waals surface area contributed by atoms with Gasteiger partial charge in [-0.15, -0.1) is 0 Å². The van der Waals surface area contributed by atoms with E-state index < -0.39 is 5.82 Å². The lowest BCUT2D eigenvalue weighted by Crippen LogP contribution is -2.00. The molecular formula is C15H14FN3O. The van der Waals surface area contributed by atoms with E-state index in [-0.39, 0.29) is 11.3 Å². The Labute approximate surface area is 116 Å². The molecule has 1 N–H and O–H groups in total. The predicted octanol–water partition coefficient (Wildman–Crippen LogP) is 3.71. The van der Waals surface area contributed by atoms with Crippen molar-refractivity contribution in [3.63, 3.8) is 0 Å². The summed E-state index contributed by atoms with van der Waals surface area (Å²) in [6.45, 7) is 2.89. The van der Waals surface area contributed by atoms with Gasteiger partial charge >= 0.3 is 0 Å². The number of hydrogen-bond donors (Lipinski definition) is 1. The predicted molar refractivity (Wildman–Crippen MR) is 74.2 cm³/mol. The molecule has 0 spiro atoms. The monoisotopic (exact) mass is 271 g/mol. The summed E-state index contributed by atoms with van der Waals surface area (Å²) in [4.78, 5) is 4.05. The normalized spacial score (nSPS) is 9.85. The molecule has 4 nitrogen and oxygen atoms in total. The Balaban J connectivity index is 2.22. The number of benzene rings is 1. The van der Waals surface area contributed by atoms with E-state index in [2.05, 4.69) is 17.2 Å². The molecular weight excluding hydrogens is 257 g/mol. The number of rotatable bonds is 5. The zero-order valence-electron chi connectivity index (χ0n) is 11.1. The average Bonchev–Trinajstić information content (AvgIpc) is 2.46. The van der Waals surface area contributed by atoms with Crippen LogP contribution in [0.2, 0.25) is 0 Å². The highest BCUT2D eigenvalue weighted by molar-refractivity contribution is 5.49. The number of nitrogens with one attached hydrogen (secondary N) is 1. The molecule has 1 aromatic heterocycles. The Morgan fingerprint density at radius 1 is 1.40 bits per heavy atom. The summed E-state index contributed by atoms with van der Waals surface area (Å²) in [6.07, 6.45) is 4.19. The van der Waals surface area contributed by atoms with Crippen molar-refractivity contribution in [2.45, 2.75) is 13.3 Å². The second-order valence-electron chi connectivity index (χ2n) is 4.16. The standard InChI is InChI=1S/C15H14FN3O/c1-2-6-19-11-7-12(10-18-9-11)20-15-5-3-4-14(16)13(15)8-17/h3-5,7,9-10,19H,2,6H2,1H3. The van der Waals surface area contributed by atoms with E-state index >= 15 is 0 Å². The van der Waals surface area contributed by atoms with Gasteiger partial charge in [0.15, 0.2) is 0 Å². The lowest BCUT2D eigenvalue weighted by atomic mass is 10.2. The molecule has 0 aliphatic carbocycles. The fourth-order valence-electron chi connectivity index (χ4n) is 1.67. The van der Waals surface area contributed by atoms with Crippen LogP contribution in [0.3, 0.4) is 0 Å². The number of pyridine rings is 1. The molecule has 2 aromatic rings. The van der Waals surface area contributed by atoms with Crippen molar-refractivity contribution in [1.82, 2.24) is 4.98 Å². The van der Waals surface area contributed by atoms with E-state index in [1.54, 1.807) is 24.4 Å². The van der Waals surface area contributed by atoms with E-state index in [0.717, 1.165) is 18.7 Å². The van der Waals surface area contributed by atoms with Gasteiger partial charge in [-0.3, -0.25) is 4.98 Å². The first kappa shape index (κ1) is 13.8. The SMILES string of the molecule is CCCNc1cncc(Oc2cccc(F)c2C#N)c1. The second-order valence-corrected chi connectivity index (χ2v) is 4.16. The summed E-state index contributed by atoms with van der Waals surface area (Å²) in [5.74, 6) is 0.0355. The fraction of sp³-hybridized carbons (Fsp3) is 0.200. The Morgan fingerprint density at radius 3 is 3.00 bits per heavy atom. The van der Waals surface area contributed by atoms with Crippen molar-refractivity contribution in [3.8, 4) is 17.6 Å². The van der Waals surface area contributed by atoms with Crippen LogP contribution in [0, 0.1) is 17.1 Å². The van der Waals surface area contributed by atoms with Gasteiger partial charge in [0.05, 0.1) is 18.1 Å². The van der Waals surface area contributed by atoms with Crippen molar-refractivity contribution in [2.75, 3.05) is 11.9 Å². The van der Waals surface area contributed by atoms with E-state index in [1.807, 2.05) is 0 Å². The molecule has 1 aromatic carbocycles. The van der Waals surface area contributed by atoms with Crippen LogP contribution in [0.15, 0.2) is 36.7 Å². The van der Waals surface area contributed by atoms with Crippen LogP contribution < -0.4 is 10.1 Å². The van der Waals surface area contributed by atoms with Crippen molar-refractivity contribution < 1.29 is 9.13 Å². The number of hydrogen-bond acceptors (Lipinski definition) is 4. The molecule has 0 saturated heterocycles. The molecule has 1 heterocycles. The van der Waals surface area contributed by atoms with Crippen LogP contribution >= 0.6 is 0 Å². The lowest BCUT2D eigenvalue weighted by Gasteiger charge is -2.09. The Kier molecular flexibility index (Phi) is 4.51. The second kappa shape index (κ2) is 6.53. The minimum absolute atomic E-state index is 0.112. The summed E-state index contributed by atoms with van der Waals surface area (Å²) in [7, 11) is 0. The maximum Gasteiger partial charge on any atom is 0.148 e. The van der Waals surface area contributed by atoms with E-state index in [9.17, 15) is 4.39 Å². The maximum absolute atomic E-state index is 13.5. The smallest absolute Gasteiger partial charge is 0.148 e. The van der Waals surface area contributed by atoms with E-state index in [1.165, 1.54) is 18.3 Å². The van der Waals surface area contributed by atoms with Crippen LogP contribution in [0.4, 0.5) is 10.1 Å². The van der Waals surface area contributed by atoms with Crippen LogP contribution in [-0.4, -0.2) is 11.5 Å². The number of ether oxygens (including phenoxy) is 1. The number of nitriles is 1. The van der Waals surface area contributed by atoms with Crippen LogP contribution in [0.1, 0.15) is 18.9 Å². The third-order valence-electron chi connectivity index (χ3n) is 2.61. The Bertz CT molecular complexity index is 637. The van der Waals surface area contributed by atoms with Gasteiger partial charge in [0.1, 0.15) is 28.9 Å².